The first-order valence-corrected chi connectivity index (χ1v) is 6.58. The lowest BCUT2D eigenvalue weighted by Gasteiger charge is -2.26. The average Bonchev–Trinajstić information content (AvgIpc) is 2.69. The lowest BCUT2D eigenvalue weighted by Crippen LogP contribution is -2.39. The Bertz CT molecular complexity index is 613. The van der Waals surface area contributed by atoms with Crippen LogP contribution in [0.1, 0.15) is 12.8 Å². The van der Waals surface area contributed by atoms with E-state index >= 15 is 0 Å². The highest BCUT2D eigenvalue weighted by atomic mass is 19.3. The minimum Gasteiger partial charge on any atom is -0.381 e. The standard InChI is InChI=1S/C13H16F2N4O/c1-19-11-3-2-9(8-10(11)17-18-19)16-12-4-6-20-7-5-13(12,14)15/h2-3,8,12,16H,4-7H2,1H3. The number of hydrogen-bond donors (Lipinski definition) is 1. The molecule has 1 aromatic heterocycles. The van der Waals surface area contributed by atoms with Crippen LogP contribution < -0.4 is 5.32 Å². The van der Waals surface area contributed by atoms with Crippen molar-refractivity contribution in [1.29, 1.82) is 0 Å². The number of nitrogens with one attached hydrogen (secondary N) is 1. The van der Waals surface area contributed by atoms with Crippen molar-refractivity contribution in [2.45, 2.75) is 24.8 Å². The molecule has 1 aliphatic rings. The van der Waals surface area contributed by atoms with Crippen molar-refractivity contribution < 1.29 is 13.5 Å². The predicted octanol–water partition coefficient (Wildman–Crippen LogP) is 2.19. The number of halogens is 2. The van der Waals surface area contributed by atoms with Gasteiger partial charge in [0, 0.05) is 25.8 Å². The highest BCUT2D eigenvalue weighted by Gasteiger charge is 2.40. The Labute approximate surface area is 114 Å². The van der Waals surface area contributed by atoms with Crippen molar-refractivity contribution in [2.75, 3.05) is 18.5 Å². The molecule has 0 aliphatic carbocycles. The number of alkyl halides is 2. The third-order valence-electron chi connectivity index (χ3n) is 3.59. The highest BCUT2D eigenvalue weighted by molar-refractivity contribution is 5.78. The molecule has 0 amide bonds. The van der Waals surface area contributed by atoms with Crippen molar-refractivity contribution in [2.24, 2.45) is 7.05 Å². The maximum atomic E-state index is 14.0. The SMILES string of the molecule is Cn1nnc2cc(NC3CCOCCC3(F)F)ccc21. The number of benzene rings is 1. The summed E-state index contributed by atoms with van der Waals surface area (Å²) in [5, 5.41) is 10.8. The van der Waals surface area contributed by atoms with Crippen LogP contribution in [0.25, 0.3) is 11.0 Å². The summed E-state index contributed by atoms with van der Waals surface area (Å²) in [6.45, 7) is 0.453. The fourth-order valence-corrected chi connectivity index (χ4v) is 2.41. The fraction of sp³-hybridized carbons (Fsp3) is 0.538. The molecule has 108 valence electrons. The van der Waals surface area contributed by atoms with E-state index in [9.17, 15) is 8.78 Å². The molecular weight excluding hydrogens is 266 g/mol. The molecule has 2 heterocycles. The van der Waals surface area contributed by atoms with Crippen LogP contribution in [0.5, 0.6) is 0 Å². The van der Waals surface area contributed by atoms with Crippen LogP contribution in [0.3, 0.4) is 0 Å². The van der Waals surface area contributed by atoms with Gasteiger partial charge >= 0.3 is 0 Å². The van der Waals surface area contributed by atoms with Crippen LogP contribution in [0.2, 0.25) is 0 Å². The minimum atomic E-state index is -2.77. The quantitative estimate of drug-likeness (QED) is 0.917. The molecule has 20 heavy (non-hydrogen) atoms. The van der Waals surface area contributed by atoms with Crippen LogP contribution in [-0.2, 0) is 11.8 Å². The zero-order chi connectivity index (χ0) is 14.2. The van der Waals surface area contributed by atoms with Gasteiger partial charge in [-0.05, 0) is 24.6 Å². The van der Waals surface area contributed by atoms with Gasteiger partial charge in [0.1, 0.15) is 5.52 Å². The molecule has 0 spiro atoms. The van der Waals surface area contributed by atoms with Crippen molar-refractivity contribution in [3.8, 4) is 0 Å². The zero-order valence-electron chi connectivity index (χ0n) is 11.1. The first-order chi connectivity index (χ1) is 9.56. The van der Waals surface area contributed by atoms with E-state index in [1.807, 2.05) is 6.07 Å². The van der Waals surface area contributed by atoms with Gasteiger partial charge in [0.05, 0.1) is 18.2 Å². The van der Waals surface area contributed by atoms with Gasteiger partial charge in [-0.25, -0.2) is 13.5 Å². The lowest BCUT2D eigenvalue weighted by molar-refractivity contribution is -0.0275. The predicted molar refractivity (Wildman–Crippen MR) is 70.9 cm³/mol. The van der Waals surface area contributed by atoms with Gasteiger partial charge in [-0.15, -0.1) is 5.10 Å². The van der Waals surface area contributed by atoms with E-state index in [1.54, 1.807) is 23.9 Å². The van der Waals surface area contributed by atoms with E-state index in [0.717, 1.165) is 5.52 Å². The zero-order valence-corrected chi connectivity index (χ0v) is 11.1. The average molecular weight is 282 g/mol. The number of fused-ring (bicyclic) bond motifs is 1. The van der Waals surface area contributed by atoms with Gasteiger partial charge in [0.25, 0.3) is 5.92 Å². The molecule has 0 radical (unpaired) electrons. The molecule has 1 aromatic carbocycles. The summed E-state index contributed by atoms with van der Waals surface area (Å²) < 4.78 is 34.7. The third-order valence-corrected chi connectivity index (χ3v) is 3.59. The molecule has 1 N–H and O–H groups in total. The number of anilines is 1. The molecular formula is C13H16F2N4O. The molecule has 3 rings (SSSR count). The number of hydrogen-bond acceptors (Lipinski definition) is 4. The van der Waals surface area contributed by atoms with Gasteiger partial charge in [-0.1, -0.05) is 5.21 Å². The molecule has 7 heteroatoms. The minimum absolute atomic E-state index is 0.106. The van der Waals surface area contributed by atoms with Gasteiger partial charge < -0.3 is 10.1 Å². The number of rotatable bonds is 2. The highest BCUT2D eigenvalue weighted by Crippen LogP contribution is 2.30. The van der Waals surface area contributed by atoms with Crippen molar-refractivity contribution in [1.82, 2.24) is 15.0 Å². The molecule has 2 aromatic rings. The van der Waals surface area contributed by atoms with Crippen molar-refractivity contribution >= 4 is 16.7 Å². The van der Waals surface area contributed by atoms with Gasteiger partial charge in [-0.3, -0.25) is 0 Å². The van der Waals surface area contributed by atoms with Crippen molar-refractivity contribution in [3.63, 3.8) is 0 Å². The van der Waals surface area contributed by atoms with E-state index in [2.05, 4.69) is 15.6 Å². The summed E-state index contributed by atoms with van der Waals surface area (Å²) >= 11 is 0. The van der Waals surface area contributed by atoms with Crippen LogP contribution in [0.4, 0.5) is 14.5 Å². The van der Waals surface area contributed by atoms with Crippen LogP contribution in [0.15, 0.2) is 18.2 Å². The summed E-state index contributed by atoms with van der Waals surface area (Å²) in [5.74, 6) is -2.77. The van der Waals surface area contributed by atoms with E-state index in [0.29, 0.717) is 17.8 Å². The Kier molecular flexibility index (Phi) is 3.29. The second-order valence-corrected chi connectivity index (χ2v) is 5.03. The second-order valence-electron chi connectivity index (χ2n) is 5.03. The van der Waals surface area contributed by atoms with E-state index in [1.165, 1.54) is 0 Å². The van der Waals surface area contributed by atoms with Crippen LogP contribution >= 0.6 is 0 Å². The summed E-state index contributed by atoms with van der Waals surface area (Å²) in [4.78, 5) is 0. The normalized spacial score (nSPS) is 22.6. The molecule has 0 bridgehead atoms. The molecule has 5 nitrogen and oxygen atoms in total. The third kappa shape index (κ3) is 2.45. The Hall–Kier alpha value is -1.76. The number of ether oxygens (including phenoxy) is 1. The Morgan fingerprint density at radius 3 is 3.10 bits per heavy atom. The molecule has 0 saturated carbocycles. The monoisotopic (exact) mass is 282 g/mol. The second kappa shape index (κ2) is 4.97. The molecule has 1 saturated heterocycles. The van der Waals surface area contributed by atoms with E-state index in [-0.39, 0.29) is 19.4 Å². The van der Waals surface area contributed by atoms with Crippen LogP contribution in [-0.4, -0.2) is 40.2 Å². The Morgan fingerprint density at radius 1 is 1.40 bits per heavy atom. The van der Waals surface area contributed by atoms with E-state index < -0.39 is 12.0 Å². The topological polar surface area (TPSA) is 52.0 Å². The van der Waals surface area contributed by atoms with E-state index in [4.69, 9.17) is 4.74 Å². The number of nitrogens with zero attached hydrogens (tertiary/aromatic N) is 3. The van der Waals surface area contributed by atoms with Crippen LogP contribution in [0, 0.1) is 0 Å². The number of aryl methyl sites for hydroxylation is 1. The largest absolute Gasteiger partial charge is 0.381 e. The fourth-order valence-electron chi connectivity index (χ4n) is 2.41. The maximum Gasteiger partial charge on any atom is 0.270 e. The molecule has 1 fully saturated rings. The summed E-state index contributed by atoms with van der Waals surface area (Å²) in [6, 6.07) is 4.42. The first-order valence-electron chi connectivity index (χ1n) is 6.58. The number of aromatic nitrogens is 3. The summed E-state index contributed by atoms with van der Waals surface area (Å²) in [6.07, 6.45) is 0.0313. The molecule has 1 unspecified atom stereocenters. The van der Waals surface area contributed by atoms with Gasteiger partial charge in [0.15, 0.2) is 0 Å². The van der Waals surface area contributed by atoms with Gasteiger partial charge in [-0.2, -0.15) is 0 Å². The smallest absolute Gasteiger partial charge is 0.270 e. The van der Waals surface area contributed by atoms with Gasteiger partial charge in [0.2, 0.25) is 0 Å². The molecule has 1 aliphatic heterocycles. The first kappa shape index (κ1) is 13.2. The Balaban J connectivity index is 1.84. The molecule has 1 atom stereocenters. The van der Waals surface area contributed by atoms with Crippen molar-refractivity contribution in [3.05, 3.63) is 18.2 Å². The lowest BCUT2D eigenvalue weighted by atomic mass is 10.0. The Morgan fingerprint density at radius 2 is 2.25 bits per heavy atom. The summed E-state index contributed by atoms with van der Waals surface area (Å²) in [7, 11) is 1.79. The summed E-state index contributed by atoms with van der Waals surface area (Å²) in [5.41, 5.74) is 2.18. The maximum absolute atomic E-state index is 14.0.